The van der Waals surface area contributed by atoms with Crippen molar-refractivity contribution in [2.75, 3.05) is 25.0 Å². The Kier molecular flexibility index (Phi) is 3.66. The maximum atomic E-state index is 10.4. The molecule has 2 rings (SSSR count). The van der Waals surface area contributed by atoms with E-state index in [2.05, 4.69) is 21.7 Å². The summed E-state index contributed by atoms with van der Waals surface area (Å²) in [6.07, 6.45) is 4.68. The van der Waals surface area contributed by atoms with E-state index in [1.54, 1.807) is 6.07 Å². The molecule has 0 fully saturated rings. The number of nitro groups is 1. The lowest BCUT2D eigenvalue weighted by Gasteiger charge is -2.14. The minimum atomic E-state index is -0.501. The second kappa shape index (κ2) is 5.40. The molecule has 1 aliphatic rings. The van der Waals surface area contributed by atoms with Crippen LogP contribution in [0.1, 0.15) is 6.42 Å². The van der Waals surface area contributed by atoms with Gasteiger partial charge < -0.3 is 20.7 Å². The third kappa shape index (κ3) is 3.25. The number of nitrogens with one attached hydrogen (secondary N) is 2. The summed E-state index contributed by atoms with van der Waals surface area (Å²) in [5.41, 5.74) is 2.15. The monoisotopic (exact) mass is 234 g/mol. The van der Waals surface area contributed by atoms with Gasteiger partial charge in [0.05, 0.1) is 5.69 Å². The van der Waals surface area contributed by atoms with Crippen LogP contribution in [-0.2, 0) is 0 Å². The van der Waals surface area contributed by atoms with Gasteiger partial charge >= 0.3 is 5.82 Å². The van der Waals surface area contributed by atoms with Gasteiger partial charge in [-0.15, -0.1) is 0 Å². The highest BCUT2D eigenvalue weighted by Crippen LogP contribution is 2.12. The Hall–Kier alpha value is -1.95. The molecule has 6 heteroatoms. The van der Waals surface area contributed by atoms with Crippen LogP contribution in [0.2, 0.25) is 0 Å². The standard InChI is InChI=1S/C11H14N4O2/c16-15(17)11-2-1-10(8-14-11)13-7-9-3-5-12-6-4-9/h1-3,8,12-13H,4-7H2. The molecule has 0 atom stereocenters. The molecule has 0 saturated heterocycles. The summed E-state index contributed by atoms with van der Waals surface area (Å²) in [4.78, 5) is 13.7. The van der Waals surface area contributed by atoms with Gasteiger partial charge in [0.15, 0.2) is 6.20 Å². The molecule has 0 spiro atoms. The van der Waals surface area contributed by atoms with E-state index >= 15 is 0 Å². The lowest BCUT2D eigenvalue weighted by atomic mass is 10.1. The summed E-state index contributed by atoms with van der Waals surface area (Å²) in [7, 11) is 0. The Morgan fingerprint density at radius 3 is 3.00 bits per heavy atom. The van der Waals surface area contributed by atoms with Crippen LogP contribution in [0.3, 0.4) is 0 Å². The topological polar surface area (TPSA) is 80.1 Å². The fourth-order valence-corrected chi connectivity index (χ4v) is 1.64. The van der Waals surface area contributed by atoms with E-state index in [4.69, 9.17) is 0 Å². The Balaban J connectivity index is 1.90. The smallest absolute Gasteiger partial charge is 0.363 e. The molecule has 0 aliphatic carbocycles. The molecule has 0 unspecified atom stereocenters. The number of pyridine rings is 1. The zero-order valence-electron chi connectivity index (χ0n) is 9.35. The van der Waals surface area contributed by atoms with Crippen LogP contribution in [0.25, 0.3) is 0 Å². The Labute approximate surface area is 98.9 Å². The van der Waals surface area contributed by atoms with Crippen LogP contribution < -0.4 is 10.6 Å². The van der Waals surface area contributed by atoms with Crippen molar-refractivity contribution >= 4 is 11.5 Å². The highest BCUT2D eigenvalue weighted by molar-refractivity contribution is 5.44. The second-order valence-corrected chi connectivity index (χ2v) is 3.83. The molecule has 0 saturated carbocycles. The molecule has 0 aromatic carbocycles. The van der Waals surface area contributed by atoms with Gasteiger partial charge in [0.25, 0.3) is 0 Å². The van der Waals surface area contributed by atoms with Gasteiger partial charge in [0, 0.05) is 19.2 Å². The molecular weight excluding hydrogens is 220 g/mol. The first-order valence-corrected chi connectivity index (χ1v) is 5.48. The van der Waals surface area contributed by atoms with E-state index in [1.165, 1.54) is 17.8 Å². The molecule has 0 radical (unpaired) electrons. The Morgan fingerprint density at radius 1 is 1.53 bits per heavy atom. The molecular formula is C11H14N4O2. The van der Waals surface area contributed by atoms with Gasteiger partial charge in [-0.05, 0) is 28.9 Å². The number of aromatic nitrogens is 1. The predicted octanol–water partition coefficient (Wildman–Crippen LogP) is 1.32. The summed E-state index contributed by atoms with van der Waals surface area (Å²) in [5.74, 6) is -0.128. The third-order valence-electron chi connectivity index (χ3n) is 2.61. The average Bonchev–Trinajstić information content (AvgIpc) is 2.38. The highest BCUT2D eigenvalue weighted by atomic mass is 16.6. The van der Waals surface area contributed by atoms with Gasteiger partial charge in [-0.2, -0.15) is 0 Å². The second-order valence-electron chi connectivity index (χ2n) is 3.83. The minimum absolute atomic E-state index is 0.128. The number of nitrogens with zero attached hydrogens (tertiary/aromatic N) is 2. The van der Waals surface area contributed by atoms with Gasteiger partial charge in [0.2, 0.25) is 0 Å². The van der Waals surface area contributed by atoms with E-state index < -0.39 is 4.92 Å². The van der Waals surface area contributed by atoms with E-state index in [1.807, 2.05) is 0 Å². The first kappa shape index (κ1) is 11.5. The number of hydrogen-bond acceptors (Lipinski definition) is 5. The van der Waals surface area contributed by atoms with Crippen LogP contribution in [0.15, 0.2) is 30.0 Å². The summed E-state index contributed by atoms with van der Waals surface area (Å²) >= 11 is 0. The van der Waals surface area contributed by atoms with E-state index in [0.717, 1.165) is 31.7 Å². The van der Waals surface area contributed by atoms with E-state index in [0.29, 0.717) is 0 Å². The van der Waals surface area contributed by atoms with Crippen molar-refractivity contribution in [2.24, 2.45) is 0 Å². The zero-order chi connectivity index (χ0) is 12.1. The third-order valence-corrected chi connectivity index (χ3v) is 2.61. The van der Waals surface area contributed by atoms with Crippen molar-refractivity contribution in [3.63, 3.8) is 0 Å². The van der Waals surface area contributed by atoms with Gasteiger partial charge in [0.1, 0.15) is 0 Å². The molecule has 0 bridgehead atoms. The molecule has 0 amide bonds. The van der Waals surface area contributed by atoms with Crippen molar-refractivity contribution in [3.8, 4) is 0 Å². The molecule has 17 heavy (non-hydrogen) atoms. The quantitative estimate of drug-likeness (QED) is 0.466. The molecule has 1 aliphatic heterocycles. The molecule has 1 aromatic rings. The fraction of sp³-hybridized carbons (Fsp3) is 0.364. The van der Waals surface area contributed by atoms with Gasteiger partial charge in [-0.1, -0.05) is 11.6 Å². The first-order valence-electron chi connectivity index (χ1n) is 5.48. The maximum Gasteiger partial charge on any atom is 0.363 e. The molecule has 2 N–H and O–H groups in total. The Morgan fingerprint density at radius 2 is 2.41 bits per heavy atom. The number of hydrogen-bond donors (Lipinski definition) is 2. The lowest BCUT2D eigenvalue weighted by molar-refractivity contribution is -0.389. The number of anilines is 1. The maximum absolute atomic E-state index is 10.4. The molecule has 1 aromatic heterocycles. The fourth-order valence-electron chi connectivity index (χ4n) is 1.64. The summed E-state index contributed by atoms with van der Waals surface area (Å²) in [6.45, 7) is 2.68. The molecule has 6 nitrogen and oxygen atoms in total. The lowest BCUT2D eigenvalue weighted by Crippen LogP contribution is -2.23. The average molecular weight is 234 g/mol. The largest absolute Gasteiger partial charge is 0.378 e. The zero-order valence-corrected chi connectivity index (χ0v) is 9.35. The normalized spacial score (nSPS) is 15.2. The van der Waals surface area contributed by atoms with E-state index in [9.17, 15) is 10.1 Å². The van der Waals surface area contributed by atoms with Crippen LogP contribution in [0, 0.1) is 10.1 Å². The first-order chi connectivity index (χ1) is 8.25. The number of rotatable bonds is 4. The molecule has 2 heterocycles. The van der Waals surface area contributed by atoms with Crippen molar-refractivity contribution in [3.05, 3.63) is 40.1 Å². The minimum Gasteiger partial charge on any atom is -0.378 e. The van der Waals surface area contributed by atoms with Crippen molar-refractivity contribution < 1.29 is 4.92 Å². The molecule has 90 valence electrons. The SMILES string of the molecule is O=[N+]([O-])c1ccc(NCC2=CCNCC2)cn1. The van der Waals surface area contributed by atoms with Crippen molar-refractivity contribution in [2.45, 2.75) is 6.42 Å². The Bertz CT molecular complexity index is 428. The van der Waals surface area contributed by atoms with Gasteiger partial charge in [-0.3, -0.25) is 0 Å². The summed E-state index contributed by atoms with van der Waals surface area (Å²) in [5, 5.41) is 16.9. The van der Waals surface area contributed by atoms with E-state index in [-0.39, 0.29) is 5.82 Å². The van der Waals surface area contributed by atoms with Crippen LogP contribution in [-0.4, -0.2) is 29.5 Å². The van der Waals surface area contributed by atoms with Crippen molar-refractivity contribution in [1.29, 1.82) is 0 Å². The predicted molar refractivity (Wildman–Crippen MR) is 65.0 cm³/mol. The van der Waals surface area contributed by atoms with Crippen LogP contribution >= 0.6 is 0 Å². The van der Waals surface area contributed by atoms with Gasteiger partial charge in [-0.25, -0.2) is 0 Å². The van der Waals surface area contributed by atoms with Crippen LogP contribution in [0.4, 0.5) is 11.5 Å². The summed E-state index contributed by atoms with van der Waals surface area (Å²) in [6, 6.07) is 3.08. The highest BCUT2D eigenvalue weighted by Gasteiger charge is 2.07. The van der Waals surface area contributed by atoms with Crippen molar-refractivity contribution in [1.82, 2.24) is 10.3 Å². The summed E-state index contributed by atoms with van der Waals surface area (Å²) < 4.78 is 0. The van der Waals surface area contributed by atoms with Crippen LogP contribution in [0.5, 0.6) is 0 Å².